The molecule has 1 aliphatic rings. The number of para-hydroxylation sites is 1. The van der Waals surface area contributed by atoms with Crippen LogP contribution in [0.3, 0.4) is 0 Å². The van der Waals surface area contributed by atoms with E-state index in [2.05, 4.69) is 5.32 Å². The van der Waals surface area contributed by atoms with Crippen molar-refractivity contribution in [2.45, 2.75) is 6.17 Å². The summed E-state index contributed by atoms with van der Waals surface area (Å²) >= 11 is 0. The van der Waals surface area contributed by atoms with Crippen molar-refractivity contribution in [2.75, 3.05) is 31.5 Å². The average molecular weight is 406 g/mol. The number of rotatable bonds is 5. The molecule has 0 aliphatic carbocycles. The Morgan fingerprint density at radius 2 is 1.67 bits per heavy atom. The van der Waals surface area contributed by atoms with Crippen molar-refractivity contribution in [2.24, 2.45) is 0 Å². The molecule has 0 fully saturated rings. The van der Waals surface area contributed by atoms with Crippen molar-refractivity contribution in [3.63, 3.8) is 0 Å². The van der Waals surface area contributed by atoms with Gasteiger partial charge < -0.3 is 24.6 Å². The van der Waals surface area contributed by atoms with E-state index in [4.69, 9.17) is 14.2 Å². The summed E-state index contributed by atoms with van der Waals surface area (Å²) in [6.45, 7) is 0. The highest BCUT2D eigenvalue weighted by molar-refractivity contribution is 6.12. The molecular weight excluding hydrogens is 384 g/mol. The van der Waals surface area contributed by atoms with Crippen LogP contribution in [-0.4, -0.2) is 32.3 Å². The first-order valence-corrected chi connectivity index (χ1v) is 9.35. The first-order chi connectivity index (χ1) is 14.6. The number of carbonyl (C=O) groups is 1. The predicted molar refractivity (Wildman–Crippen MR) is 114 cm³/mol. The van der Waals surface area contributed by atoms with Crippen LogP contribution < -0.4 is 24.4 Å². The highest BCUT2D eigenvalue weighted by Gasteiger charge is 2.36. The van der Waals surface area contributed by atoms with Gasteiger partial charge in [-0.05, 0) is 42.0 Å². The monoisotopic (exact) mass is 406 g/mol. The third-order valence-corrected chi connectivity index (χ3v) is 5.09. The molecule has 0 bridgehead atoms. The minimum atomic E-state index is -0.552. The quantitative estimate of drug-likeness (QED) is 0.661. The van der Waals surface area contributed by atoms with E-state index in [0.29, 0.717) is 28.5 Å². The lowest BCUT2D eigenvalue weighted by Crippen LogP contribution is -2.43. The molecule has 4 rings (SSSR count). The fourth-order valence-corrected chi connectivity index (χ4v) is 3.58. The Hall–Kier alpha value is -3.87. The highest BCUT2D eigenvalue weighted by Crippen LogP contribution is 2.43. The summed E-state index contributed by atoms with van der Waals surface area (Å²) in [6.07, 6.45) is -0.552. The molecule has 0 saturated heterocycles. The van der Waals surface area contributed by atoms with Crippen LogP contribution in [0.15, 0.2) is 60.7 Å². The van der Waals surface area contributed by atoms with Crippen LogP contribution in [0, 0.1) is 0 Å². The Kier molecular flexibility index (Phi) is 5.10. The van der Waals surface area contributed by atoms with Crippen molar-refractivity contribution >= 4 is 17.3 Å². The summed E-state index contributed by atoms with van der Waals surface area (Å²) in [5, 5.41) is 13.4. The van der Waals surface area contributed by atoms with E-state index < -0.39 is 6.17 Å². The second-order valence-electron chi connectivity index (χ2n) is 6.74. The number of hydrogen-bond acceptors (Lipinski definition) is 6. The topological polar surface area (TPSA) is 80.3 Å². The van der Waals surface area contributed by atoms with Gasteiger partial charge in [0.15, 0.2) is 11.5 Å². The van der Waals surface area contributed by atoms with Crippen molar-refractivity contribution < 1.29 is 24.1 Å². The number of anilines is 2. The first-order valence-electron chi connectivity index (χ1n) is 9.35. The Morgan fingerprint density at radius 1 is 0.900 bits per heavy atom. The maximum absolute atomic E-state index is 13.6. The van der Waals surface area contributed by atoms with Crippen LogP contribution in [0.25, 0.3) is 0 Å². The minimum Gasteiger partial charge on any atom is -0.504 e. The Balaban J connectivity index is 1.90. The lowest BCUT2D eigenvalue weighted by molar-refractivity contribution is 0.0974. The van der Waals surface area contributed by atoms with Gasteiger partial charge in [-0.2, -0.15) is 0 Å². The smallest absolute Gasteiger partial charge is 0.262 e. The lowest BCUT2D eigenvalue weighted by atomic mass is 10.0. The van der Waals surface area contributed by atoms with Crippen LogP contribution >= 0.6 is 0 Å². The van der Waals surface area contributed by atoms with Crippen LogP contribution in [0.1, 0.15) is 22.1 Å². The molecule has 30 heavy (non-hydrogen) atoms. The van der Waals surface area contributed by atoms with Gasteiger partial charge in [-0.3, -0.25) is 9.69 Å². The van der Waals surface area contributed by atoms with Gasteiger partial charge in [0, 0.05) is 11.8 Å². The summed E-state index contributed by atoms with van der Waals surface area (Å²) in [6, 6.07) is 17.6. The number of carbonyl (C=O) groups excluding carboxylic acids is 1. The lowest BCUT2D eigenvalue weighted by Gasteiger charge is -2.38. The molecule has 7 nitrogen and oxygen atoms in total. The molecule has 3 aromatic rings. The molecule has 0 radical (unpaired) electrons. The summed E-state index contributed by atoms with van der Waals surface area (Å²) in [5.41, 5.74) is 2.60. The van der Waals surface area contributed by atoms with Crippen molar-refractivity contribution in [1.29, 1.82) is 0 Å². The maximum Gasteiger partial charge on any atom is 0.262 e. The van der Waals surface area contributed by atoms with E-state index in [0.717, 1.165) is 11.3 Å². The molecule has 154 valence electrons. The molecule has 1 amide bonds. The van der Waals surface area contributed by atoms with Gasteiger partial charge in [0.2, 0.25) is 0 Å². The number of nitrogens with one attached hydrogen (secondary N) is 1. The van der Waals surface area contributed by atoms with Gasteiger partial charge in [0.1, 0.15) is 17.7 Å². The number of ether oxygens (including phenoxy) is 3. The zero-order valence-electron chi connectivity index (χ0n) is 16.9. The van der Waals surface area contributed by atoms with Crippen molar-refractivity contribution in [3.05, 3.63) is 71.8 Å². The zero-order chi connectivity index (χ0) is 21.3. The van der Waals surface area contributed by atoms with Gasteiger partial charge >= 0.3 is 0 Å². The predicted octanol–water partition coefficient (Wildman–Crippen LogP) is 4.19. The highest BCUT2D eigenvalue weighted by atomic mass is 16.5. The Bertz CT molecular complexity index is 1100. The summed E-state index contributed by atoms with van der Waals surface area (Å²) < 4.78 is 16.1. The van der Waals surface area contributed by atoms with Crippen LogP contribution in [-0.2, 0) is 0 Å². The van der Waals surface area contributed by atoms with Crippen molar-refractivity contribution in [3.8, 4) is 23.0 Å². The number of aromatic hydroxyl groups is 1. The number of hydrogen-bond donors (Lipinski definition) is 2. The molecular formula is C23H22N2O5. The number of nitrogens with zero attached hydrogens (tertiary/aromatic N) is 1. The molecule has 1 aliphatic heterocycles. The maximum atomic E-state index is 13.6. The average Bonchev–Trinajstić information content (AvgIpc) is 2.79. The van der Waals surface area contributed by atoms with Gasteiger partial charge in [-0.1, -0.05) is 18.2 Å². The van der Waals surface area contributed by atoms with E-state index in [1.807, 2.05) is 18.2 Å². The van der Waals surface area contributed by atoms with Crippen molar-refractivity contribution in [1.82, 2.24) is 0 Å². The van der Waals surface area contributed by atoms with Gasteiger partial charge in [0.25, 0.3) is 5.91 Å². The normalized spacial score (nSPS) is 15.2. The zero-order valence-corrected chi connectivity index (χ0v) is 16.9. The number of benzene rings is 3. The van der Waals surface area contributed by atoms with E-state index >= 15 is 0 Å². The Labute approximate surface area is 174 Å². The third-order valence-electron chi connectivity index (χ3n) is 5.09. The molecule has 7 heteroatoms. The van der Waals surface area contributed by atoms with Gasteiger partial charge in [-0.15, -0.1) is 0 Å². The number of phenols is 1. The fraction of sp³-hybridized carbons (Fsp3) is 0.174. The molecule has 1 atom stereocenters. The molecule has 3 aromatic carbocycles. The number of amides is 1. The number of phenolic OH excluding ortho intramolecular Hbond substituents is 1. The van der Waals surface area contributed by atoms with E-state index in [9.17, 15) is 9.90 Å². The summed E-state index contributed by atoms with van der Waals surface area (Å²) in [5.74, 6) is 1.29. The first kappa shape index (κ1) is 19.4. The molecule has 0 spiro atoms. The van der Waals surface area contributed by atoms with Crippen LogP contribution in [0.2, 0.25) is 0 Å². The standard InChI is InChI=1S/C23H22N2O5/c1-28-15-9-10-18(20(13-15)29-2)25-22(14-8-11-19(26)21(12-14)30-3)24-17-7-5-4-6-16(17)23(25)27/h4-13,22,24,26H,1-3H3. The summed E-state index contributed by atoms with van der Waals surface area (Å²) in [4.78, 5) is 15.2. The summed E-state index contributed by atoms with van der Waals surface area (Å²) in [7, 11) is 4.61. The van der Waals surface area contributed by atoms with Crippen LogP contribution in [0.4, 0.5) is 11.4 Å². The second-order valence-corrected chi connectivity index (χ2v) is 6.74. The number of fused-ring (bicyclic) bond motifs is 1. The molecule has 2 N–H and O–H groups in total. The van der Waals surface area contributed by atoms with E-state index in [1.54, 1.807) is 61.6 Å². The molecule has 0 saturated carbocycles. The minimum absolute atomic E-state index is 0.0253. The SMILES string of the molecule is COc1ccc(N2C(=O)c3ccccc3NC2c2ccc(O)c(OC)c2)c(OC)c1. The third kappa shape index (κ3) is 3.24. The fourth-order valence-electron chi connectivity index (χ4n) is 3.58. The Morgan fingerprint density at radius 3 is 2.40 bits per heavy atom. The largest absolute Gasteiger partial charge is 0.504 e. The van der Waals surface area contributed by atoms with E-state index in [1.165, 1.54) is 7.11 Å². The number of methoxy groups -OCH3 is 3. The van der Waals surface area contributed by atoms with Gasteiger partial charge in [0.05, 0.1) is 32.6 Å². The van der Waals surface area contributed by atoms with E-state index in [-0.39, 0.29) is 11.7 Å². The molecule has 0 aromatic heterocycles. The van der Waals surface area contributed by atoms with Gasteiger partial charge in [-0.25, -0.2) is 0 Å². The molecule has 1 heterocycles. The molecule has 1 unspecified atom stereocenters. The second kappa shape index (κ2) is 7.87. The van der Waals surface area contributed by atoms with Crippen LogP contribution in [0.5, 0.6) is 23.0 Å².